The molecule has 0 aromatic heterocycles. The van der Waals surface area contributed by atoms with Gasteiger partial charge < -0.3 is 19.5 Å². The van der Waals surface area contributed by atoms with Crippen LogP contribution < -0.4 is 14.8 Å². The summed E-state index contributed by atoms with van der Waals surface area (Å²) in [6, 6.07) is 4.68. The van der Waals surface area contributed by atoms with Crippen molar-refractivity contribution < 1.29 is 23.8 Å². The lowest BCUT2D eigenvalue weighted by Crippen LogP contribution is -2.42. The molecule has 0 saturated heterocycles. The van der Waals surface area contributed by atoms with Crippen molar-refractivity contribution in [1.29, 1.82) is 0 Å². The summed E-state index contributed by atoms with van der Waals surface area (Å²) in [4.78, 5) is 23.5. The summed E-state index contributed by atoms with van der Waals surface area (Å²) >= 11 is 0. The molecule has 1 N–H and O–H groups in total. The maximum Gasteiger partial charge on any atom is 0.338 e. The van der Waals surface area contributed by atoms with Gasteiger partial charge in [0.15, 0.2) is 6.61 Å². The number of ether oxygens (including phenoxy) is 3. The SMILES string of the molecule is COc1cc(OC)cc(C(=O)OCC(=O)NC(C)(C)C)c1. The van der Waals surface area contributed by atoms with Gasteiger partial charge in [0.1, 0.15) is 11.5 Å². The number of nitrogens with one attached hydrogen (secondary N) is 1. The predicted octanol–water partition coefficient (Wildman–Crippen LogP) is 1.78. The smallest absolute Gasteiger partial charge is 0.338 e. The lowest BCUT2D eigenvalue weighted by Gasteiger charge is -2.20. The number of esters is 1. The maximum atomic E-state index is 11.9. The molecule has 0 aliphatic heterocycles. The number of carbonyl (C=O) groups excluding carboxylic acids is 2. The van der Waals surface area contributed by atoms with Crippen molar-refractivity contribution in [2.24, 2.45) is 0 Å². The molecule has 0 aliphatic carbocycles. The van der Waals surface area contributed by atoms with E-state index in [1.54, 1.807) is 6.07 Å². The molecular weight excluding hydrogens is 274 g/mol. The second-order valence-corrected chi connectivity index (χ2v) is 5.48. The molecule has 1 amide bonds. The Morgan fingerprint density at radius 1 is 1.05 bits per heavy atom. The topological polar surface area (TPSA) is 73.9 Å². The molecule has 0 heterocycles. The van der Waals surface area contributed by atoms with Gasteiger partial charge in [0, 0.05) is 11.6 Å². The van der Waals surface area contributed by atoms with Gasteiger partial charge >= 0.3 is 5.97 Å². The van der Waals surface area contributed by atoms with Crippen molar-refractivity contribution in [3.8, 4) is 11.5 Å². The lowest BCUT2D eigenvalue weighted by molar-refractivity contribution is -0.125. The van der Waals surface area contributed by atoms with E-state index in [0.29, 0.717) is 11.5 Å². The van der Waals surface area contributed by atoms with Crippen LogP contribution in [0, 0.1) is 0 Å². The van der Waals surface area contributed by atoms with Gasteiger partial charge in [-0.15, -0.1) is 0 Å². The monoisotopic (exact) mass is 295 g/mol. The minimum absolute atomic E-state index is 0.259. The number of carbonyl (C=O) groups is 2. The van der Waals surface area contributed by atoms with E-state index in [9.17, 15) is 9.59 Å². The fraction of sp³-hybridized carbons (Fsp3) is 0.467. The average Bonchev–Trinajstić information content (AvgIpc) is 2.42. The zero-order valence-corrected chi connectivity index (χ0v) is 13.0. The Morgan fingerprint density at radius 3 is 2.00 bits per heavy atom. The first-order valence-electron chi connectivity index (χ1n) is 6.46. The van der Waals surface area contributed by atoms with Crippen LogP contribution in [0.15, 0.2) is 18.2 Å². The Morgan fingerprint density at radius 2 is 1.57 bits per heavy atom. The second-order valence-electron chi connectivity index (χ2n) is 5.48. The first-order valence-corrected chi connectivity index (χ1v) is 6.46. The first kappa shape index (κ1) is 16.8. The normalized spacial score (nSPS) is 10.7. The summed E-state index contributed by atoms with van der Waals surface area (Å²) in [6.07, 6.45) is 0. The van der Waals surface area contributed by atoms with Crippen molar-refractivity contribution >= 4 is 11.9 Å². The Bertz CT molecular complexity index is 497. The largest absolute Gasteiger partial charge is 0.497 e. The molecule has 6 heteroatoms. The Hall–Kier alpha value is -2.24. The molecule has 0 fully saturated rings. The zero-order chi connectivity index (χ0) is 16.0. The molecule has 1 rings (SSSR count). The number of benzene rings is 1. The fourth-order valence-corrected chi connectivity index (χ4v) is 1.59. The maximum absolute atomic E-state index is 11.9. The van der Waals surface area contributed by atoms with Crippen LogP contribution in [-0.2, 0) is 9.53 Å². The van der Waals surface area contributed by atoms with Crippen LogP contribution in [0.5, 0.6) is 11.5 Å². The first-order chi connectivity index (χ1) is 9.75. The Labute approximate surface area is 124 Å². The van der Waals surface area contributed by atoms with Crippen molar-refractivity contribution in [3.63, 3.8) is 0 Å². The minimum Gasteiger partial charge on any atom is -0.497 e. The van der Waals surface area contributed by atoms with Crippen LogP contribution in [0.3, 0.4) is 0 Å². The molecule has 0 aliphatic rings. The molecule has 6 nitrogen and oxygen atoms in total. The molecule has 21 heavy (non-hydrogen) atoms. The highest BCUT2D eigenvalue weighted by molar-refractivity contribution is 5.92. The summed E-state index contributed by atoms with van der Waals surface area (Å²) in [6.45, 7) is 5.20. The minimum atomic E-state index is -0.615. The second kappa shape index (κ2) is 6.97. The summed E-state index contributed by atoms with van der Waals surface area (Å²) < 4.78 is 15.1. The molecule has 116 valence electrons. The van der Waals surface area contributed by atoms with E-state index in [1.165, 1.54) is 26.4 Å². The van der Waals surface area contributed by atoms with Gasteiger partial charge in [-0.1, -0.05) is 0 Å². The molecule has 0 saturated carbocycles. The van der Waals surface area contributed by atoms with Gasteiger partial charge in [-0.3, -0.25) is 4.79 Å². The van der Waals surface area contributed by atoms with Gasteiger partial charge in [0.2, 0.25) is 0 Å². The Balaban J connectivity index is 2.69. The van der Waals surface area contributed by atoms with Crippen molar-refractivity contribution in [1.82, 2.24) is 5.32 Å². The number of rotatable bonds is 5. The van der Waals surface area contributed by atoms with E-state index >= 15 is 0 Å². The zero-order valence-electron chi connectivity index (χ0n) is 13.0. The van der Waals surface area contributed by atoms with E-state index in [0.717, 1.165) is 0 Å². The molecular formula is C15H21NO5. The molecule has 0 bridgehead atoms. The standard InChI is InChI=1S/C15H21NO5/c1-15(2,3)16-13(17)9-21-14(18)10-6-11(19-4)8-12(7-10)20-5/h6-8H,9H2,1-5H3,(H,16,17). The van der Waals surface area contributed by atoms with E-state index in [2.05, 4.69) is 5.32 Å². The van der Waals surface area contributed by atoms with Crippen LogP contribution in [0.2, 0.25) is 0 Å². The van der Waals surface area contributed by atoms with Gasteiger partial charge in [-0.2, -0.15) is 0 Å². The van der Waals surface area contributed by atoms with Crippen LogP contribution >= 0.6 is 0 Å². The van der Waals surface area contributed by atoms with E-state index in [1.807, 2.05) is 20.8 Å². The van der Waals surface area contributed by atoms with Crippen molar-refractivity contribution in [3.05, 3.63) is 23.8 Å². The van der Waals surface area contributed by atoms with Crippen molar-refractivity contribution in [2.75, 3.05) is 20.8 Å². The predicted molar refractivity (Wildman–Crippen MR) is 77.7 cm³/mol. The van der Waals surface area contributed by atoms with Gasteiger partial charge in [-0.25, -0.2) is 4.79 Å². The third-order valence-corrected chi connectivity index (χ3v) is 2.44. The van der Waals surface area contributed by atoms with Crippen molar-refractivity contribution in [2.45, 2.75) is 26.3 Å². The highest BCUT2D eigenvalue weighted by Gasteiger charge is 2.17. The molecule has 0 unspecified atom stereocenters. The molecule has 1 aromatic rings. The van der Waals surface area contributed by atoms with Crippen LogP contribution in [0.25, 0.3) is 0 Å². The summed E-state index contributed by atoms with van der Waals surface area (Å²) in [5.41, 5.74) is -0.113. The summed E-state index contributed by atoms with van der Waals surface area (Å²) in [7, 11) is 2.97. The van der Waals surface area contributed by atoms with E-state index in [4.69, 9.17) is 14.2 Å². The number of hydrogen-bond donors (Lipinski definition) is 1. The highest BCUT2D eigenvalue weighted by atomic mass is 16.5. The van der Waals surface area contributed by atoms with Gasteiger partial charge in [0.05, 0.1) is 19.8 Å². The van der Waals surface area contributed by atoms with E-state index < -0.39 is 5.97 Å². The Kier molecular flexibility index (Phi) is 5.58. The molecule has 0 radical (unpaired) electrons. The van der Waals surface area contributed by atoms with Gasteiger partial charge in [0.25, 0.3) is 5.91 Å². The third-order valence-electron chi connectivity index (χ3n) is 2.44. The summed E-state index contributed by atoms with van der Waals surface area (Å²) in [5.74, 6) is -0.0251. The number of hydrogen-bond acceptors (Lipinski definition) is 5. The van der Waals surface area contributed by atoms with E-state index in [-0.39, 0.29) is 23.6 Å². The van der Waals surface area contributed by atoms with Crippen LogP contribution in [0.4, 0.5) is 0 Å². The number of amides is 1. The number of methoxy groups -OCH3 is 2. The van der Waals surface area contributed by atoms with Gasteiger partial charge in [-0.05, 0) is 32.9 Å². The molecule has 1 aromatic carbocycles. The fourth-order valence-electron chi connectivity index (χ4n) is 1.59. The summed E-state index contributed by atoms with van der Waals surface area (Å²) in [5, 5.41) is 2.71. The third kappa shape index (κ3) is 5.72. The molecule has 0 atom stereocenters. The molecule has 0 spiro atoms. The average molecular weight is 295 g/mol. The van der Waals surface area contributed by atoms with Crippen LogP contribution in [0.1, 0.15) is 31.1 Å². The quantitative estimate of drug-likeness (QED) is 0.838. The highest BCUT2D eigenvalue weighted by Crippen LogP contribution is 2.22. The lowest BCUT2D eigenvalue weighted by atomic mass is 10.1. The van der Waals surface area contributed by atoms with Crippen LogP contribution in [-0.4, -0.2) is 38.2 Å².